The molecule has 0 unspecified atom stereocenters. The largest absolute Gasteiger partial charge is 0.475 e. The van der Waals surface area contributed by atoms with Gasteiger partial charge in [0.1, 0.15) is 6.61 Å². The van der Waals surface area contributed by atoms with Gasteiger partial charge < -0.3 is 10.1 Å². The molecule has 0 spiro atoms. The Bertz CT molecular complexity index is 1180. The normalized spacial score (nSPS) is 10.8. The van der Waals surface area contributed by atoms with Gasteiger partial charge in [0.25, 0.3) is 5.91 Å². The van der Waals surface area contributed by atoms with Gasteiger partial charge in [-0.25, -0.2) is 0 Å². The number of amides is 1. The number of benzene rings is 2. The molecule has 2 aromatic carbocycles. The monoisotopic (exact) mass is 427 g/mol. The molecule has 0 atom stereocenters. The standard InChI is InChI=1S/C20H15Cl2N5O2/c21-15-7-3-1-5-13(15)19-25-24-17-9-10-18(26-27(17)19)29-12-11-23-20(28)14-6-2-4-8-16(14)22/h1-10H,11-12H2,(H,23,28). The molecule has 0 bridgehead atoms. The summed E-state index contributed by atoms with van der Waals surface area (Å²) in [4.78, 5) is 12.2. The first-order valence-corrected chi connectivity index (χ1v) is 9.52. The summed E-state index contributed by atoms with van der Waals surface area (Å²) in [6.07, 6.45) is 0. The number of hydrogen-bond donors (Lipinski definition) is 1. The molecule has 4 aromatic rings. The maximum Gasteiger partial charge on any atom is 0.252 e. The minimum absolute atomic E-state index is 0.234. The summed E-state index contributed by atoms with van der Waals surface area (Å²) in [7, 11) is 0. The summed E-state index contributed by atoms with van der Waals surface area (Å²) in [5.74, 6) is 0.628. The van der Waals surface area contributed by atoms with Gasteiger partial charge in [-0.15, -0.1) is 15.3 Å². The Labute approximate surface area is 176 Å². The zero-order valence-electron chi connectivity index (χ0n) is 15.0. The van der Waals surface area contributed by atoms with Gasteiger partial charge in [0.05, 0.1) is 22.2 Å². The third-order valence-corrected chi connectivity index (χ3v) is 4.77. The van der Waals surface area contributed by atoms with Crippen LogP contribution in [0.4, 0.5) is 0 Å². The van der Waals surface area contributed by atoms with Gasteiger partial charge in [0.2, 0.25) is 5.88 Å². The van der Waals surface area contributed by atoms with Crippen molar-refractivity contribution in [3.8, 4) is 17.3 Å². The fraction of sp³-hybridized carbons (Fsp3) is 0.100. The van der Waals surface area contributed by atoms with Crippen molar-refractivity contribution < 1.29 is 9.53 Å². The van der Waals surface area contributed by atoms with Crippen molar-refractivity contribution in [2.24, 2.45) is 0 Å². The van der Waals surface area contributed by atoms with Crippen molar-refractivity contribution in [2.45, 2.75) is 0 Å². The van der Waals surface area contributed by atoms with Crippen molar-refractivity contribution in [1.29, 1.82) is 0 Å². The Balaban J connectivity index is 1.43. The quantitative estimate of drug-likeness (QED) is 0.471. The lowest BCUT2D eigenvalue weighted by molar-refractivity contribution is 0.0946. The molecule has 4 rings (SSSR count). The van der Waals surface area contributed by atoms with Crippen molar-refractivity contribution >= 4 is 34.8 Å². The van der Waals surface area contributed by atoms with E-state index in [-0.39, 0.29) is 12.5 Å². The number of rotatable bonds is 6. The summed E-state index contributed by atoms with van der Waals surface area (Å²) in [6, 6.07) is 17.6. The van der Waals surface area contributed by atoms with Crippen LogP contribution in [0.5, 0.6) is 5.88 Å². The minimum atomic E-state index is -0.262. The maximum atomic E-state index is 12.2. The first kappa shape index (κ1) is 19.2. The fourth-order valence-corrected chi connectivity index (χ4v) is 3.16. The summed E-state index contributed by atoms with van der Waals surface area (Å²) in [5.41, 5.74) is 1.71. The molecule has 7 nitrogen and oxygen atoms in total. The average Bonchev–Trinajstić information content (AvgIpc) is 3.15. The number of nitrogens with zero attached hydrogens (tertiary/aromatic N) is 4. The van der Waals surface area contributed by atoms with Gasteiger partial charge in [-0.05, 0) is 30.3 Å². The average molecular weight is 428 g/mol. The van der Waals surface area contributed by atoms with Crippen molar-refractivity contribution in [3.05, 3.63) is 76.3 Å². The second kappa shape index (κ2) is 8.46. The molecule has 2 heterocycles. The second-order valence-electron chi connectivity index (χ2n) is 6.03. The molecule has 0 saturated carbocycles. The highest BCUT2D eigenvalue weighted by atomic mass is 35.5. The predicted octanol–water partition coefficient (Wildman–Crippen LogP) is 3.91. The molecule has 0 aliphatic carbocycles. The molecule has 0 aliphatic heterocycles. The van der Waals surface area contributed by atoms with Crippen LogP contribution in [0.3, 0.4) is 0 Å². The number of carbonyl (C=O) groups excluding carboxylic acids is 1. The molecule has 1 amide bonds. The number of hydrogen-bond acceptors (Lipinski definition) is 5. The van der Waals surface area contributed by atoms with E-state index in [1.54, 1.807) is 47.0 Å². The van der Waals surface area contributed by atoms with Crippen molar-refractivity contribution in [3.63, 3.8) is 0 Å². The van der Waals surface area contributed by atoms with Crippen LogP contribution in [0, 0.1) is 0 Å². The number of fused-ring (bicyclic) bond motifs is 1. The predicted molar refractivity (Wildman–Crippen MR) is 111 cm³/mol. The number of halogens is 2. The lowest BCUT2D eigenvalue weighted by Gasteiger charge is -2.08. The minimum Gasteiger partial charge on any atom is -0.475 e. The molecule has 1 N–H and O–H groups in total. The van der Waals surface area contributed by atoms with E-state index in [0.29, 0.717) is 39.5 Å². The fourth-order valence-electron chi connectivity index (χ4n) is 2.72. The van der Waals surface area contributed by atoms with Crippen LogP contribution in [0.15, 0.2) is 60.7 Å². The Morgan fingerprint density at radius 3 is 2.52 bits per heavy atom. The van der Waals surface area contributed by atoms with Crippen LogP contribution < -0.4 is 10.1 Å². The lowest BCUT2D eigenvalue weighted by atomic mass is 10.2. The number of ether oxygens (including phenoxy) is 1. The van der Waals surface area contributed by atoms with Crippen molar-refractivity contribution in [1.82, 2.24) is 25.1 Å². The molecule has 2 aromatic heterocycles. The molecule has 146 valence electrons. The number of carbonyl (C=O) groups is 1. The van der Waals surface area contributed by atoms with E-state index in [1.165, 1.54) is 0 Å². The van der Waals surface area contributed by atoms with Crippen LogP contribution in [-0.2, 0) is 0 Å². The van der Waals surface area contributed by atoms with Crippen LogP contribution in [-0.4, -0.2) is 38.9 Å². The molecular formula is C20H15Cl2N5O2. The van der Waals surface area contributed by atoms with Gasteiger partial charge in [-0.3, -0.25) is 4.79 Å². The Morgan fingerprint density at radius 2 is 1.72 bits per heavy atom. The zero-order chi connectivity index (χ0) is 20.2. The van der Waals surface area contributed by atoms with Crippen LogP contribution in [0.1, 0.15) is 10.4 Å². The van der Waals surface area contributed by atoms with E-state index in [4.69, 9.17) is 27.9 Å². The molecule has 0 aliphatic rings. The molecule has 0 fully saturated rings. The summed E-state index contributed by atoms with van der Waals surface area (Å²) >= 11 is 12.3. The van der Waals surface area contributed by atoms with E-state index in [0.717, 1.165) is 5.56 Å². The molecule has 29 heavy (non-hydrogen) atoms. The third-order valence-electron chi connectivity index (χ3n) is 4.11. The first-order valence-electron chi connectivity index (χ1n) is 8.76. The second-order valence-corrected chi connectivity index (χ2v) is 6.84. The first-order chi connectivity index (χ1) is 14.1. The SMILES string of the molecule is O=C(NCCOc1ccc2nnc(-c3ccccc3Cl)n2n1)c1ccccc1Cl. The van der Waals surface area contributed by atoms with Crippen LogP contribution in [0.2, 0.25) is 10.0 Å². The molecular weight excluding hydrogens is 413 g/mol. The van der Waals surface area contributed by atoms with E-state index in [9.17, 15) is 4.79 Å². The third kappa shape index (κ3) is 4.16. The highest BCUT2D eigenvalue weighted by Gasteiger charge is 2.13. The van der Waals surface area contributed by atoms with E-state index in [2.05, 4.69) is 20.6 Å². The summed E-state index contributed by atoms with van der Waals surface area (Å²) < 4.78 is 7.22. The number of nitrogens with one attached hydrogen (secondary N) is 1. The lowest BCUT2D eigenvalue weighted by Crippen LogP contribution is -2.28. The van der Waals surface area contributed by atoms with Crippen LogP contribution >= 0.6 is 23.2 Å². The summed E-state index contributed by atoms with van der Waals surface area (Å²) in [5, 5.41) is 16.4. The maximum absolute atomic E-state index is 12.2. The van der Waals surface area contributed by atoms with Gasteiger partial charge >= 0.3 is 0 Å². The molecule has 9 heteroatoms. The Morgan fingerprint density at radius 1 is 0.966 bits per heavy atom. The smallest absolute Gasteiger partial charge is 0.252 e. The van der Waals surface area contributed by atoms with Gasteiger partial charge in [-0.2, -0.15) is 4.52 Å². The Kier molecular flexibility index (Phi) is 5.59. The van der Waals surface area contributed by atoms with E-state index >= 15 is 0 Å². The van der Waals surface area contributed by atoms with Gasteiger partial charge in [-0.1, -0.05) is 47.5 Å². The molecule has 0 radical (unpaired) electrons. The van der Waals surface area contributed by atoms with Gasteiger partial charge in [0.15, 0.2) is 11.5 Å². The highest BCUT2D eigenvalue weighted by Crippen LogP contribution is 2.26. The molecule has 0 saturated heterocycles. The highest BCUT2D eigenvalue weighted by molar-refractivity contribution is 6.34. The topological polar surface area (TPSA) is 81.4 Å². The van der Waals surface area contributed by atoms with Gasteiger partial charge in [0, 0.05) is 11.6 Å². The van der Waals surface area contributed by atoms with Crippen LogP contribution in [0.25, 0.3) is 17.0 Å². The summed E-state index contributed by atoms with van der Waals surface area (Å²) in [6.45, 7) is 0.529. The number of aromatic nitrogens is 4. The van der Waals surface area contributed by atoms with E-state index < -0.39 is 0 Å². The van der Waals surface area contributed by atoms with Crippen molar-refractivity contribution in [2.75, 3.05) is 13.2 Å². The van der Waals surface area contributed by atoms with E-state index in [1.807, 2.05) is 18.2 Å². The Hall–Kier alpha value is -3.16. The zero-order valence-corrected chi connectivity index (χ0v) is 16.6.